The second-order valence-electron chi connectivity index (χ2n) is 4.69. The Morgan fingerprint density at radius 3 is 2.95 bits per heavy atom. The van der Waals surface area contributed by atoms with Crippen molar-refractivity contribution in [2.24, 2.45) is 0 Å². The predicted octanol–water partition coefficient (Wildman–Crippen LogP) is 2.79. The van der Waals surface area contributed by atoms with Crippen molar-refractivity contribution in [2.75, 3.05) is 13.6 Å². The first kappa shape index (κ1) is 13.9. The van der Waals surface area contributed by atoms with Crippen LogP contribution in [0.4, 0.5) is 0 Å². The Bertz CT molecular complexity index is 579. The molecular formula is C14H18ClN3O. The van der Waals surface area contributed by atoms with E-state index in [4.69, 9.17) is 11.6 Å². The number of fused-ring (bicyclic) bond motifs is 1. The van der Waals surface area contributed by atoms with E-state index in [1.54, 1.807) is 17.2 Å². The van der Waals surface area contributed by atoms with Crippen LogP contribution in [0.25, 0.3) is 5.65 Å². The summed E-state index contributed by atoms with van der Waals surface area (Å²) in [6.45, 7) is 2.92. The van der Waals surface area contributed by atoms with Gasteiger partial charge in [0.05, 0.1) is 17.1 Å². The average molecular weight is 280 g/mol. The van der Waals surface area contributed by atoms with E-state index in [0.29, 0.717) is 11.4 Å². The molecule has 2 heterocycles. The zero-order valence-corrected chi connectivity index (χ0v) is 12.0. The van der Waals surface area contributed by atoms with Crippen LogP contribution in [0.1, 0.15) is 25.5 Å². The second-order valence-corrected chi connectivity index (χ2v) is 5.13. The number of rotatable bonds is 5. The molecule has 0 saturated carbocycles. The van der Waals surface area contributed by atoms with Crippen LogP contribution in [0.2, 0.25) is 5.02 Å². The molecule has 0 saturated heterocycles. The molecule has 5 heteroatoms. The van der Waals surface area contributed by atoms with Gasteiger partial charge in [0.15, 0.2) is 0 Å². The average Bonchev–Trinajstić information content (AvgIpc) is 2.77. The summed E-state index contributed by atoms with van der Waals surface area (Å²) in [5.74, 6) is 0.1000. The summed E-state index contributed by atoms with van der Waals surface area (Å²) in [7, 11) is 1.84. The van der Waals surface area contributed by atoms with Crippen molar-refractivity contribution in [2.45, 2.75) is 26.2 Å². The number of imidazole rings is 1. The summed E-state index contributed by atoms with van der Waals surface area (Å²) in [5, 5.41) is 0.655. The lowest BCUT2D eigenvalue weighted by Gasteiger charge is -2.15. The second kappa shape index (κ2) is 6.06. The van der Waals surface area contributed by atoms with Crippen molar-refractivity contribution in [3.05, 3.63) is 35.2 Å². The van der Waals surface area contributed by atoms with Gasteiger partial charge in [-0.1, -0.05) is 24.9 Å². The van der Waals surface area contributed by atoms with Gasteiger partial charge in [-0.2, -0.15) is 0 Å². The third-order valence-electron chi connectivity index (χ3n) is 3.07. The van der Waals surface area contributed by atoms with Crippen molar-refractivity contribution < 1.29 is 4.79 Å². The maximum absolute atomic E-state index is 12.0. The Balaban J connectivity index is 2.06. The van der Waals surface area contributed by atoms with Crippen LogP contribution >= 0.6 is 11.6 Å². The molecule has 0 unspecified atom stereocenters. The van der Waals surface area contributed by atoms with E-state index in [-0.39, 0.29) is 5.91 Å². The summed E-state index contributed by atoms with van der Waals surface area (Å²) in [4.78, 5) is 18.2. The zero-order valence-electron chi connectivity index (χ0n) is 11.3. The van der Waals surface area contributed by atoms with Gasteiger partial charge >= 0.3 is 0 Å². The standard InChI is InChI=1S/C14H18ClN3O/c1-3-4-7-17(2)14(19)8-12-10-18-9-11(15)5-6-13(18)16-12/h5-6,9-10H,3-4,7-8H2,1-2H3. The molecular weight excluding hydrogens is 262 g/mol. The molecule has 2 aromatic rings. The third-order valence-corrected chi connectivity index (χ3v) is 3.29. The van der Waals surface area contributed by atoms with Gasteiger partial charge in [-0.25, -0.2) is 4.98 Å². The van der Waals surface area contributed by atoms with Gasteiger partial charge in [0.25, 0.3) is 0 Å². The lowest BCUT2D eigenvalue weighted by Crippen LogP contribution is -2.29. The van der Waals surface area contributed by atoms with Gasteiger partial charge in [0.2, 0.25) is 5.91 Å². The van der Waals surface area contributed by atoms with Gasteiger partial charge < -0.3 is 9.30 Å². The first-order valence-electron chi connectivity index (χ1n) is 6.47. The van der Waals surface area contributed by atoms with Crippen LogP contribution in [0.15, 0.2) is 24.5 Å². The van der Waals surface area contributed by atoms with Crippen molar-refractivity contribution in [1.29, 1.82) is 0 Å². The molecule has 0 N–H and O–H groups in total. The number of amides is 1. The number of unbranched alkanes of at least 4 members (excludes halogenated alkanes) is 1. The smallest absolute Gasteiger partial charge is 0.228 e. The van der Waals surface area contributed by atoms with E-state index in [1.165, 1.54) is 0 Å². The number of carbonyl (C=O) groups excluding carboxylic acids is 1. The molecule has 0 aliphatic heterocycles. The number of pyridine rings is 1. The molecule has 0 bridgehead atoms. The number of aromatic nitrogens is 2. The highest BCUT2D eigenvalue weighted by molar-refractivity contribution is 6.30. The molecule has 0 aliphatic carbocycles. The first-order chi connectivity index (χ1) is 9.10. The molecule has 19 heavy (non-hydrogen) atoms. The lowest BCUT2D eigenvalue weighted by atomic mass is 10.2. The largest absolute Gasteiger partial charge is 0.345 e. The minimum atomic E-state index is 0.1000. The summed E-state index contributed by atoms with van der Waals surface area (Å²) < 4.78 is 1.84. The first-order valence-corrected chi connectivity index (χ1v) is 6.85. The predicted molar refractivity (Wildman–Crippen MR) is 76.5 cm³/mol. The minimum absolute atomic E-state index is 0.1000. The number of halogens is 1. The molecule has 102 valence electrons. The SMILES string of the molecule is CCCCN(C)C(=O)Cc1cn2cc(Cl)ccc2n1. The molecule has 2 aromatic heterocycles. The van der Waals surface area contributed by atoms with Gasteiger partial charge in [-0.3, -0.25) is 4.79 Å². The van der Waals surface area contributed by atoms with Crippen LogP contribution in [0.5, 0.6) is 0 Å². The molecule has 4 nitrogen and oxygen atoms in total. The fourth-order valence-electron chi connectivity index (χ4n) is 1.91. The van der Waals surface area contributed by atoms with Gasteiger partial charge in [0.1, 0.15) is 5.65 Å². The topological polar surface area (TPSA) is 37.6 Å². The van der Waals surface area contributed by atoms with Gasteiger partial charge in [-0.05, 0) is 18.6 Å². The van der Waals surface area contributed by atoms with Crippen LogP contribution in [-0.2, 0) is 11.2 Å². The van der Waals surface area contributed by atoms with E-state index >= 15 is 0 Å². The number of carbonyl (C=O) groups is 1. The van der Waals surface area contributed by atoms with Crippen LogP contribution in [0, 0.1) is 0 Å². The number of hydrogen-bond donors (Lipinski definition) is 0. The van der Waals surface area contributed by atoms with Crippen molar-refractivity contribution in [1.82, 2.24) is 14.3 Å². The zero-order chi connectivity index (χ0) is 13.8. The molecule has 1 amide bonds. The maximum atomic E-state index is 12.0. The quantitative estimate of drug-likeness (QED) is 0.844. The summed E-state index contributed by atoms with van der Waals surface area (Å²) in [5.41, 5.74) is 1.58. The van der Waals surface area contributed by atoms with E-state index in [2.05, 4.69) is 11.9 Å². The number of nitrogens with zero attached hydrogens (tertiary/aromatic N) is 3. The van der Waals surface area contributed by atoms with Crippen molar-refractivity contribution in [3.8, 4) is 0 Å². The molecule has 2 rings (SSSR count). The van der Waals surface area contributed by atoms with Crippen LogP contribution in [-0.4, -0.2) is 33.8 Å². The third kappa shape index (κ3) is 3.47. The summed E-state index contributed by atoms with van der Waals surface area (Å²) >= 11 is 5.92. The maximum Gasteiger partial charge on any atom is 0.228 e. The van der Waals surface area contributed by atoms with Crippen LogP contribution in [0.3, 0.4) is 0 Å². The number of likely N-dealkylation sites (N-methyl/N-ethyl adjacent to an activating group) is 1. The molecule has 0 atom stereocenters. The summed E-state index contributed by atoms with van der Waals surface area (Å²) in [6, 6.07) is 3.64. The lowest BCUT2D eigenvalue weighted by molar-refractivity contribution is -0.129. The Hall–Kier alpha value is -1.55. The van der Waals surface area contributed by atoms with Gasteiger partial charge in [-0.15, -0.1) is 0 Å². The highest BCUT2D eigenvalue weighted by Crippen LogP contribution is 2.12. The fourth-order valence-corrected chi connectivity index (χ4v) is 2.08. The van der Waals surface area contributed by atoms with E-state index in [9.17, 15) is 4.79 Å². The molecule has 0 spiro atoms. The van der Waals surface area contributed by atoms with Gasteiger partial charge in [0, 0.05) is 26.0 Å². The molecule has 0 aromatic carbocycles. The van der Waals surface area contributed by atoms with E-state index in [0.717, 1.165) is 30.7 Å². The van der Waals surface area contributed by atoms with Crippen molar-refractivity contribution in [3.63, 3.8) is 0 Å². The Morgan fingerprint density at radius 2 is 2.21 bits per heavy atom. The number of hydrogen-bond acceptors (Lipinski definition) is 2. The van der Waals surface area contributed by atoms with E-state index < -0.39 is 0 Å². The molecule has 0 aliphatic rings. The molecule has 0 fully saturated rings. The molecule has 0 radical (unpaired) electrons. The Kier molecular flexibility index (Phi) is 4.43. The highest BCUT2D eigenvalue weighted by Gasteiger charge is 2.11. The Labute approximate surface area is 118 Å². The monoisotopic (exact) mass is 279 g/mol. The normalized spacial score (nSPS) is 10.9. The Morgan fingerprint density at radius 1 is 1.42 bits per heavy atom. The summed E-state index contributed by atoms with van der Waals surface area (Å²) in [6.07, 6.45) is 6.10. The fraction of sp³-hybridized carbons (Fsp3) is 0.429. The minimum Gasteiger partial charge on any atom is -0.345 e. The van der Waals surface area contributed by atoms with E-state index in [1.807, 2.05) is 23.7 Å². The van der Waals surface area contributed by atoms with Crippen LogP contribution < -0.4 is 0 Å². The van der Waals surface area contributed by atoms with Crippen molar-refractivity contribution >= 4 is 23.2 Å². The highest BCUT2D eigenvalue weighted by atomic mass is 35.5.